The van der Waals surface area contributed by atoms with Crippen molar-refractivity contribution in [3.63, 3.8) is 0 Å². The average Bonchev–Trinajstić information content (AvgIpc) is 3.03. The number of aromatic nitrogens is 2. The largest absolute Gasteiger partial charge is 0.493 e. The number of nitrogens with zero attached hydrogens (tertiary/aromatic N) is 2. The van der Waals surface area contributed by atoms with Crippen molar-refractivity contribution in [1.29, 1.82) is 0 Å². The molecule has 6 heteroatoms. The Morgan fingerprint density at radius 1 is 1.04 bits per heavy atom. The number of rotatable bonds is 7. The van der Waals surface area contributed by atoms with Gasteiger partial charge < -0.3 is 14.2 Å². The fraction of sp³-hybridized carbons (Fsp3) is 0.333. The fourth-order valence-corrected chi connectivity index (χ4v) is 3.09. The van der Waals surface area contributed by atoms with Gasteiger partial charge in [0.1, 0.15) is 11.0 Å². The lowest BCUT2D eigenvalue weighted by molar-refractivity contribution is 0.321. The van der Waals surface area contributed by atoms with Crippen LogP contribution < -0.4 is 14.2 Å². The van der Waals surface area contributed by atoms with E-state index in [1.54, 1.807) is 14.2 Å². The van der Waals surface area contributed by atoms with Crippen molar-refractivity contribution < 1.29 is 14.2 Å². The molecule has 2 aromatic heterocycles. The molecule has 5 nitrogen and oxygen atoms in total. The number of hydrogen-bond donors (Lipinski definition) is 0. The van der Waals surface area contributed by atoms with Crippen LogP contribution in [0.2, 0.25) is 0 Å². The van der Waals surface area contributed by atoms with Gasteiger partial charge in [-0.2, -0.15) is 4.37 Å². The number of unbranched alkanes of at least 4 members (excludes halogenated alkanes) is 1. The molecular weight excluding hydrogens is 324 g/mol. The summed E-state index contributed by atoms with van der Waals surface area (Å²) < 4.78 is 20.9. The van der Waals surface area contributed by atoms with Gasteiger partial charge in [-0.25, -0.2) is 4.98 Å². The lowest BCUT2D eigenvalue weighted by Gasteiger charge is -2.09. The molecule has 0 spiro atoms. The van der Waals surface area contributed by atoms with Gasteiger partial charge in [0.05, 0.1) is 20.8 Å². The molecule has 0 N–H and O–H groups in total. The van der Waals surface area contributed by atoms with Gasteiger partial charge in [0.15, 0.2) is 11.5 Å². The third kappa shape index (κ3) is 3.28. The van der Waals surface area contributed by atoms with Gasteiger partial charge in [-0.1, -0.05) is 19.4 Å². The second kappa shape index (κ2) is 7.49. The SMILES string of the molecule is CCCCOc1snc2cc(-c3ccc(OC)c(OC)c3)cnc12. The molecule has 0 aliphatic carbocycles. The third-order valence-corrected chi connectivity index (χ3v) is 4.50. The minimum Gasteiger partial charge on any atom is -0.493 e. The van der Waals surface area contributed by atoms with E-state index < -0.39 is 0 Å². The molecule has 2 heterocycles. The molecule has 0 saturated carbocycles. The van der Waals surface area contributed by atoms with Crippen LogP contribution in [-0.2, 0) is 0 Å². The maximum absolute atomic E-state index is 5.77. The standard InChI is InChI=1S/C18H20N2O3S/c1-4-5-8-23-18-17-14(20-24-18)9-13(11-19-17)12-6-7-15(21-2)16(10-12)22-3/h6-7,9-11H,4-5,8H2,1-3H3. The number of methoxy groups -OCH3 is 2. The summed E-state index contributed by atoms with van der Waals surface area (Å²) in [5.41, 5.74) is 3.65. The highest BCUT2D eigenvalue weighted by molar-refractivity contribution is 7.09. The Balaban J connectivity index is 1.91. The summed E-state index contributed by atoms with van der Waals surface area (Å²) in [5.74, 6) is 1.40. The molecule has 0 unspecified atom stereocenters. The summed E-state index contributed by atoms with van der Waals surface area (Å²) in [4.78, 5) is 4.55. The molecule has 126 valence electrons. The van der Waals surface area contributed by atoms with Crippen LogP contribution in [0, 0.1) is 0 Å². The summed E-state index contributed by atoms with van der Waals surface area (Å²) in [6, 6.07) is 7.83. The molecule has 0 saturated heterocycles. The average molecular weight is 344 g/mol. The van der Waals surface area contributed by atoms with Gasteiger partial charge >= 0.3 is 0 Å². The van der Waals surface area contributed by atoms with Crippen LogP contribution in [-0.4, -0.2) is 30.2 Å². The van der Waals surface area contributed by atoms with Crippen molar-refractivity contribution in [3.8, 4) is 27.7 Å². The lowest BCUT2D eigenvalue weighted by Crippen LogP contribution is -1.95. The molecule has 3 rings (SSSR count). The van der Waals surface area contributed by atoms with Gasteiger partial charge in [-0.15, -0.1) is 0 Å². The van der Waals surface area contributed by atoms with Crippen molar-refractivity contribution in [3.05, 3.63) is 30.5 Å². The number of pyridine rings is 1. The van der Waals surface area contributed by atoms with Gasteiger partial charge in [0.2, 0.25) is 5.06 Å². The molecule has 3 aromatic rings. The van der Waals surface area contributed by atoms with Crippen molar-refractivity contribution in [1.82, 2.24) is 9.36 Å². The monoisotopic (exact) mass is 344 g/mol. The van der Waals surface area contributed by atoms with Crippen LogP contribution in [0.25, 0.3) is 22.2 Å². The van der Waals surface area contributed by atoms with E-state index in [-0.39, 0.29) is 0 Å². The van der Waals surface area contributed by atoms with E-state index in [0.717, 1.165) is 40.1 Å². The zero-order valence-corrected chi connectivity index (χ0v) is 14.9. The molecule has 24 heavy (non-hydrogen) atoms. The zero-order valence-electron chi connectivity index (χ0n) is 14.0. The molecule has 0 bridgehead atoms. The van der Waals surface area contributed by atoms with E-state index in [1.165, 1.54) is 11.5 Å². The minimum atomic E-state index is 0.692. The first-order valence-electron chi connectivity index (χ1n) is 7.87. The first-order chi connectivity index (χ1) is 11.8. The molecular formula is C18H20N2O3S. The number of ether oxygens (including phenoxy) is 3. The van der Waals surface area contributed by atoms with Gasteiger partial charge in [0, 0.05) is 23.3 Å². The van der Waals surface area contributed by atoms with E-state index in [9.17, 15) is 0 Å². The fourth-order valence-electron chi connectivity index (χ4n) is 2.39. The number of hydrogen-bond acceptors (Lipinski definition) is 6. The van der Waals surface area contributed by atoms with E-state index in [1.807, 2.05) is 30.5 Å². The summed E-state index contributed by atoms with van der Waals surface area (Å²) >= 11 is 1.35. The smallest absolute Gasteiger partial charge is 0.220 e. The molecule has 0 fully saturated rings. The summed E-state index contributed by atoms with van der Waals surface area (Å²) in [6.45, 7) is 2.84. The quantitative estimate of drug-likeness (QED) is 0.588. The first-order valence-corrected chi connectivity index (χ1v) is 8.64. The molecule has 0 aliphatic rings. The molecule has 0 aliphatic heterocycles. The Hall–Kier alpha value is -2.34. The van der Waals surface area contributed by atoms with E-state index in [2.05, 4.69) is 16.3 Å². The molecule has 1 aromatic carbocycles. The maximum Gasteiger partial charge on any atom is 0.220 e. The summed E-state index contributed by atoms with van der Waals surface area (Å²) in [5, 5.41) is 0.789. The Labute approximate surface area is 145 Å². The van der Waals surface area contributed by atoms with Crippen LogP contribution in [0.5, 0.6) is 16.6 Å². The van der Waals surface area contributed by atoms with Gasteiger partial charge in [-0.05, 0) is 30.2 Å². The Bertz CT molecular complexity index is 832. The zero-order chi connectivity index (χ0) is 16.9. The number of benzene rings is 1. The lowest BCUT2D eigenvalue weighted by atomic mass is 10.1. The Morgan fingerprint density at radius 2 is 1.88 bits per heavy atom. The van der Waals surface area contributed by atoms with Crippen LogP contribution in [0.3, 0.4) is 0 Å². The second-order valence-electron chi connectivity index (χ2n) is 5.33. The van der Waals surface area contributed by atoms with Crippen molar-refractivity contribution in [2.75, 3.05) is 20.8 Å². The van der Waals surface area contributed by atoms with Crippen molar-refractivity contribution in [2.24, 2.45) is 0 Å². The highest BCUT2D eigenvalue weighted by Gasteiger charge is 2.12. The molecule has 0 atom stereocenters. The second-order valence-corrected chi connectivity index (χ2v) is 6.07. The maximum atomic E-state index is 5.77. The van der Waals surface area contributed by atoms with E-state index in [4.69, 9.17) is 14.2 Å². The highest BCUT2D eigenvalue weighted by Crippen LogP contribution is 2.35. The predicted octanol–water partition coefficient (Wildman–Crippen LogP) is 4.55. The van der Waals surface area contributed by atoms with Crippen LogP contribution in [0.15, 0.2) is 30.5 Å². The minimum absolute atomic E-state index is 0.692. The predicted molar refractivity (Wildman–Crippen MR) is 96.4 cm³/mol. The molecule has 0 amide bonds. The Kier molecular flexibility index (Phi) is 5.15. The van der Waals surface area contributed by atoms with Gasteiger partial charge in [-0.3, -0.25) is 0 Å². The summed E-state index contributed by atoms with van der Waals surface area (Å²) in [6.07, 6.45) is 3.97. The van der Waals surface area contributed by atoms with Crippen LogP contribution in [0.4, 0.5) is 0 Å². The van der Waals surface area contributed by atoms with E-state index in [0.29, 0.717) is 18.1 Å². The number of fused-ring (bicyclic) bond motifs is 1. The highest BCUT2D eigenvalue weighted by atomic mass is 32.1. The van der Waals surface area contributed by atoms with Crippen molar-refractivity contribution >= 4 is 22.6 Å². The van der Waals surface area contributed by atoms with Crippen LogP contribution >= 0.6 is 11.5 Å². The van der Waals surface area contributed by atoms with Gasteiger partial charge in [0.25, 0.3) is 0 Å². The third-order valence-electron chi connectivity index (χ3n) is 3.74. The topological polar surface area (TPSA) is 53.5 Å². The van der Waals surface area contributed by atoms with E-state index >= 15 is 0 Å². The first kappa shape index (κ1) is 16.5. The van der Waals surface area contributed by atoms with Crippen molar-refractivity contribution in [2.45, 2.75) is 19.8 Å². The Morgan fingerprint density at radius 3 is 2.62 bits per heavy atom. The van der Waals surface area contributed by atoms with Crippen LogP contribution in [0.1, 0.15) is 19.8 Å². The molecule has 0 radical (unpaired) electrons. The summed E-state index contributed by atoms with van der Waals surface area (Å²) in [7, 11) is 3.25. The normalized spacial score (nSPS) is 10.8.